The van der Waals surface area contributed by atoms with Gasteiger partial charge in [0.2, 0.25) is 0 Å². The highest BCUT2D eigenvalue weighted by atomic mass is 79.9. The summed E-state index contributed by atoms with van der Waals surface area (Å²) in [7, 11) is 0. The molecule has 1 saturated heterocycles. The van der Waals surface area contributed by atoms with Crippen LogP contribution >= 0.6 is 27.3 Å². The van der Waals surface area contributed by atoms with Gasteiger partial charge < -0.3 is 10.5 Å². The average molecular weight is 361 g/mol. The maximum atomic E-state index is 6.26. The molecular formula is C15H25BrN2OS. The van der Waals surface area contributed by atoms with E-state index in [4.69, 9.17) is 10.5 Å². The smallest absolute Gasteiger partial charge is 0.0702 e. The van der Waals surface area contributed by atoms with E-state index in [1.165, 1.54) is 21.5 Å². The molecule has 0 aliphatic carbocycles. The Labute approximate surface area is 134 Å². The molecule has 0 radical (unpaired) electrons. The predicted octanol–water partition coefficient (Wildman–Crippen LogP) is 3.79. The summed E-state index contributed by atoms with van der Waals surface area (Å²) >= 11 is 5.35. The van der Waals surface area contributed by atoms with Gasteiger partial charge in [-0.25, -0.2) is 0 Å². The van der Waals surface area contributed by atoms with Gasteiger partial charge in [-0.3, -0.25) is 4.90 Å². The van der Waals surface area contributed by atoms with Crippen molar-refractivity contribution in [1.82, 2.24) is 4.90 Å². The van der Waals surface area contributed by atoms with Crippen LogP contribution in [0.1, 0.15) is 44.0 Å². The molecule has 20 heavy (non-hydrogen) atoms. The summed E-state index contributed by atoms with van der Waals surface area (Å²) in [5.41, 5.74) is 6.26. The Kier molecular flexibility index (Phi) is 6.49. The van der Waals surface area contributed by atoms with E-state index < -0.39 is 0 Å². The van der Waals surface area contributed by atoms with Gasteiger partial charge in [-0.2, -0.15) is 0 Å². The summed E-state index contributed by atoms with van der Waals surface area (Å²) in [4.78, 5) is 3.86. The van der Waals surface area contributed by atoms with Crippen LogP contribution in [0.25, 0.3) is 0 Å². The maximum Gasteiger partial charge on any atom is 0.0702 e. The number of thiophene rings is 1. The minimum Gasteiger partial charge on any atom is -0.377 e. The van der Waals surface area contributed by atoms with Crippen LogP contribution in [0.3, 0.4) is 0 Å². The number of likely N-dealkylation sites (tertiary alicyclic amines) is 1. The third-order valence-corrected chi connectivity index (χ3v) is 5.44. The summed E-state index contributed by atoms with van der Waals surface area (Å²) in [5, 5.41) is 0. The summed E-state index contributed by atoms with van der Waals surface area (Å²) in [6.45, 7) is 7.25. The van der Waals surface area contributed by atoms with Crippen molar-refractivity contribution in [3.63, 3.8) is 0 Å². The molecule has 2 heterocycles. The lowest BCUT2D eigenvalue weighted by molar-refractivity contribution is -0.0150. The average Bonchev–Trinajstić information content (AvgIpc) is 2.83. The molecule has 114 valence electrons. The number of rotatable bonds is 6. The van der Waals surface area contributed by atoms with Gasteiger partial charge in [-0.1, -0.05) is 6.92 Å². The highest BCUT2D eigenvalue weighted by molar-refractivity contribution is 9.11. The van der Waals surface area contributed by atoms with Crippen LogP contribution in [0.15, 0.2) is 15.9 Å². The molecular weight excluding hydrogens is 336 g/mol. The third-order valence-electron chi connectivity index (χ3n) is 3.74. The molecule has 1 aliphatic heterocycles. The van der Waals surface area contributed by atoms with E-state index in [1.54, 1.807) is 11.3 Å². The van der Waals surface area contributed by atoms with Crippen molar-refractivity contribution in [3.8, 4) is 0 Å². The molecule has 5 heteroatoms. The zero-order chi connectivity index (χ0) is 14.5. The zero-order valence-corrected chi connectivity index (χ0v) is 14.8. The first-order chi connectivity index (χ1) is 9.61. The van der Waals surface area contributed by atoms with Crippen LogP contribution in [0.4, 0.5) is 0 Å². The second kappa shape index (κ2) is 7.90. The number of piperidine rings is 1. The quantitative estimate of drug-likeness (QED) is 0.838. The number of hydrogen-bond donors (Lipinski definition) is 1. The van der Waals surface area contributed by atoms with Gasteiger partial charge in [0.05, 0.1) is 15.9 Å². The predicted molar refractivity (Wildman–Crippen MR) is 89.2 cm³/mol. The van der Waals surface area contributed by atoms with Crippen LogP contribution in [0.5, 0.6) is 0 Å². The van der Waals surface area contributed by atoms with Gasteiger partial charge in [0.1, 0.15) is 0 Å². The van der Waals surface area contributed by atoms with Crippen molar-refractivity contribution < 1.29 is 4.74 Å². The first-order valence-electron chi connectivity index (χ1n) is 7.48. The second-order valence-electron chi connectivity index (χ2n) is 5.58. The Bertz CT molecular complexity index is 410. The lowest BCUT2D eigenvalue weighted by Crippen LogP contribution is -2.46. The molecule has 0 amide bonds. The van der Waals surface area contributed by atoms with E-state index in [-0.39, 0.29) is 6.04 Å². The molecule has 3 atom stereocenters. The molecule has 0 aromatic carbocycles. The molecule has 0 saturated carbocycles. The van der Waals surface area contributed by atoms with Crippen molar-refractivity contribution in [2.24, 2.45) is 5.73 Å². The third kappa shape index (κ3) is 4.28. The number of ether oxygens (including phenoxy) is 1. The fourth-order valence-corrected chi connectivity index (χ4v) is 4.57. The standard InChI is InChI=1S/C15H25BrN2OS/c1-3-9-19-12-5-4-8-18(10-12)15(11(2)17)13-6-7-14(16)20-13/h6-7,11-12,15H,3-5,8-10,17H2,1-2H3. The zero-order valence-electron chi connectivity index (χ0n) is 12.3. The first-order valence-corrected chi connectivity index (χ1v) is 9.09. The molecule has 1 fully saturated rings. The summed E-state index contributed by atoms with van der Waals surface area (Å²) in [5.74, 6) is 0. The van der Waals surface area contributed by atoms with Gasteiger partial charge in [0, 0.05) is 24.1 Å². The van der Waals surface area contributed by atoms with Crippen molar-refractivity contribution in [1.29, 1.82) is 0 Å². The Morgan fingerprint density at radius 1 is 1.55 bits per heavy atom. The monoisotopic (exact) mass is 360 g/mol. The summed E-state index contributed by atoms with van der Waals surface area (Å²) in [6, 6.07) is 4.74. The van der Waals surface area contributed by atoms with E-state index in [1.807, 2.05) is 0 Å². The molecule has 1 aromatic rings. The topological polar surface area (TPSA) is 38.5 Å². The molecule has 1 aliphatic rings. The Morgan fingerprint density at radius 2 is 2.35 bits per heavy atom. The van der Waals surface area contributed by atoms with E-state index >= 15 is 0 Å². The molecule has 1 aromatic heterocycles. The normalized spacial score (nSPS) is 23.7. The van der Waals surface area contributed by atoms with Gasteiger partial charge in [0.15, 0.2) is 0 Å². The van der Waals surface area contributed by atoms with Crippen molar-refractivity contribution in [2.45, 2.75) is 51.3 Å². The highest BCUT2D eigenvalue weighted by Crippen LogP contribution is 2.34. The number of nitrogens with two attached hydrogens (primary N) is 1. The second-order valence-corrected chi connectivity index (χ2v) is 8.07. The highest BCUT2D eigenvalue weighted by Gasteiger charge is 2.30. The molecule has 2 N–H and O–H groups in total. The summed E-state index contributed by atoms with van der Waals surface area (Å²) in [6.07, 6.45) is 3.83. The lowest BCUT2D eigenvalue weighted by atomic mass is 10.0. The number of hydrogen-bond acceptors (Lipinski definition) is 4. The van der Waals surface area contributed by atoms with Gasteiger partial charge in [-0.15, -0.1) is 11.3 Å². The Morgan fingerprint density at radius 3 is 2.95 bits per heavy atom. The molecule has 3 nitrogen and oxygen atoms in total. The number of halogens is 1. The van der Waals surface area contributed by atoms with Crippen LogP contribution < -0.4 is 5.73 Å². The van der Waals surface area contributed by atoms with Gasteiger partial charge >= 0.3 is 0 Å². The maximum absolute atomic E-state index is 6.26. The van der Waals surface area contributed by atoms with Crippen molar-refractivity contribution in [3.05, 3.63) is 20.8 Å². The fourth-order valence-electron chi connectivity index (χ4n) is 2.90. The Hall–Kier alpha value is 0.0600. The fraction of sp³-hybridized carbons (Fsp3) is 0.733. The Balaban J connectivity index is 2.05. The first kappa shape index (κ1) is 16.4. The minimum atomic E-state index is 0.130. The van der Waals surface area contributed by atoms with E-state index in [2.05, 4.69) is 46.8 Å². The van der Waals surface area contributed by atoms with Gasteiger partial charge in [0.25, 0.3) is 0 Å². The van der Waals surface area contributed by atoms with Crippen LogP contribution in [0.2, 0.25) is 0 Å². The largest absolute Gasteiger partial charge is 0.377 e. The molecule has 2 rings (SSSR count). The van der Waals surface area contributed by atoms with E-state index in [0.29, 0.717) is 12.1 Å². The van der Waals surface area contributed by atoms with Crippen LogP contribution in [-0.4, -0.2) is 36.7 Å². The molecule has 0 spiro atoms. The van der Waals surface area contributed by atoms with E-state index in [0.717, 1.165) is 26.1 Å². The van der Waals surface area contributed by atoms with Crippen LogP contribution in [0, 0.1) is 0 Å². The molecule has 0 bridgehead atoms. The number of nitrogens with zero attached hydrogens (tertiary/aromatic N) is 1. The van der Waals surface area contributed by atoms with Gasteiger partial charge in [-0.05, 0) is 60.8 Å². The lowest BCUT2D eigenvalue weighted by Gasteiger charge is -2.39. The SMILES string of the molecule is CCCOC1CCCN(C(c2ccc(Br)s2)C(C)N)C1. The van der Waals surface area contributed by atoms with Crippen molar-refractivity contribution in [2.75, 3.05) is 19.7 Å². The summed E-state index contributed by atoms with van der Waals surface area (Å²) < 4.78 is 7.12. The molecule has 3 unspecified atom stereocenters. The minimum absolute atomic E-state index is 0.130. The van der Waals surface area contributed by atoms with Crippen LogP contribution in [-0.2, 0) is 4.74 Å². The van der Waals surface area contributed by atoms with Crippen molar-refractivity contribution >= 4 is 27.3 Å². The van der Waals surface area contributed by atoms with E-state index in [9.17, 15) is 0 Å².